The summed E-state index contributed by atoms with van der Waals surface area (Å²) in [4.78, 5) is 11.2. The van der Waals surface area contributed by atoms with Gasteiger partial charge in [-0.25, -0.2) is 0 Å². The average Bonchev–Trinajstić information content (AvgIpc) is 2.39. The molecule has 0 fully saturated rings. The van der Waals surface area contributed by atoms with Crippen LogP contribution in [0.2, 0.25) is 0 Å². The van der Waals surface area contributed by atoms with E-state index < -0.39 is 0 Å². The maximum atomic E-state index is 11.2. The second kappa shape index (κ2) is 8.53. The van der Waals surface area contributed by atoms with Crippen molar-refractivity contribution >= 4 is 5.97 Å². The summed E-state index contributed by atoms with van der Waals surface area (Å²) in [6, 6.07) is 7.57. The Hall–Kier alpha value is -1.55. The van der Waals surface area contributed by atoms with Crippen molar-refractivity contribution in [2.45, 2.75) is 19.3 Å². The lowest BCUT2D eigenvalue weighted by Gasteiger charge is -2.07. The van der Waals surface area contributed by atoms with E-state index in [0.29, 0.717) is 6.61 Å². The first kappa shape index (κ1) is 14.5. The SMILES string of the molecule is CNCCCCOc1cccc(CC(=O)OC)c1. The van der Waals surface area contributed by atoms with Gasteiger partial charge in [-0.1, -0.05) is 12.1 Å². The smallest absolute Gasteiger partial charge is 0.309 e. The molecule has 4 heteroatoms. The van der Waals surface area contributed by atoms with Crippen molar-refractivity contribution in [1.82, 2.24) is 5.32 Å². The molecular weight excluding hydrogens is 230 g/mol. The molecule has 1 aromatic carbocycles. The summed E-state index contributed by atoms with van der Waals surface area (Å²) in [7, 11) is 3.33. The van der Waals surface area contributed by atoms with Gasteiger partial charge >= 0.3 is 5.97 Å². The molecule has 0 saturated heterocycles. The van der Waals surface area contributed by atoms with Gasteiger partial charge < -0.3 is 14.8 Å². The second-order valence-corrected chi connectivity index (χ2v) is 4.06. The summed E-state index contributed by atoms with van der Waals surface area (Å²) in [5, 5.41) is 3.10. The zero-order valence-corrected chi connectivity index (χ0v) is 11.1. The van der Waals surface area contributed by atoms with Crippen molar-refractivity contribution in [3.05, 3.63) is 29.8 Å². The monoisotopic (exact) mass is 251 g/mol. The molecule has 1 rings (SSSR count). The predicted molar refractivity (Wildman–Crippen MR) is 70.8 cm³/mol. The lowest BCUT2D eigenvalue weighted by Crippen LogP contribution is -2.09. The van der Waals surface area contributed by atoms with Crippen LogP contribution in [0.5, 0.6) is 5.75 Å². The topological polar surface area (TPSA) is 47.6 Å². The van der Waals surface area contributed by atoms with Crippen LogP contribution in [-0.4, -0.2) is 33.3 Å². The Morgan fingerprint density at radius 2 is 2.17 bits per heavy atom. The van der Waals surface area contributed by atoms with Gasteiger partial charge in [-0.2, -0.15) is 0 Å². The van der Waals surface area contributed by atoms with Crippen LogP contribution in [0.15, 0.2) is 24.3 Å². The van der Waals surface area contributed by atoms with Crippen molar-refractivity contribution in [1.29, 1.82) is 0 Å². The van der Waals surface area contributed by atoms with Gasteiger partial charge in [0.25, 0.3) is 0 Å². The van der Waals surface area contributed by atoms with Crippen molar-refractivity contribution in [2.24, 2.45) is 0 Å². The fourth-order valence-corrected chi connectivity index (χ4v) is 1.58. The molecule has 0 heterocycles. The number of carbonyl (C=O) groups is 1. The van der Waals surface area contributed by atoms with Gasteiger partial charge in [0.1, 0.15) is 5.75 Å². The molecule has 4 nitrogen and oxygen atoms in total. The number of ether oxygens (including phenoxy) is 2. The number of methoxy groups -OCH3 is 1. The fraction of sp³-hybridized carbons (Fsp3) is 0.500. The molecule has 100 valence electrons. The van der Waals surface area contributed by atoms with Crippen LogP contribution >= 0.6 is 0 Å². The van der Waals surface area contributed by atoms with Gasteiger partial charge in [0.2, 0.25) is 0 Å². The molecule has 1 aromatic rings. The molecule has 0 bridgehead atoms. The van der Waals surface area contributed by atoms with E-state index in [1.807, 2.05) is 31.3 Å². The van der Waals surface area contributed by atoms with Gasteiger partial charge in [0.15, 0.2) is 0 Å². The molecule has 0 aromatic heterocycles. The summed E-state index contributed by atoms with van der Waals surface area (Å²) in [5.41, 5.74) is 0.912. The Morgan fingerprint density at radius 3 is 2.89 bits per heavy atom. The molecular formula is C14H21NO3. The van der Waals surface area contributed by atoms with Crippen LogP contribution in [0.4, 0.5) is 0 Å². The molecule has 1 N–H and O–H groups in total. The maximum Gasteiger partial charge on any atom is 0.309 e. The number of carbonyl (C=O) groups excluding carboxylic acids is 1. The number of unbranched alkanes of at least 4 members (excludes halogenated alkanes) is 1. The first-order valence-electron chi connectivity index (χ1n) is 6.19. The summed E-state index contributed by atoms with van der Waals surface area (Å²) in [6.45, 7) is 1.70. The molecule has 18 heavy (non-hydrogen) atoms. The Morgan fingerprint density at radius 1 is 1.33 bits per heavy atom. The van der Waals surface area contributed by atoms with Gasteiger partial charge in [0.05, 0.1) is 20.1 Å². The quantitative estimate of drug-likeness (QED) is 0.565. The Labute approximate surface area is 108 Å². The van der Waals surface area contributed by atoms with Crippen molar-refractivity contribution in [3.63, 3.8) is 0 Å². The van der Waals surface area contributed by atoms with Crippen LogP contribution in [0, 0.1) is 0 Å². The Bertz CT molecular complexity index is 366. The van der Waals surface area contributed by atoms with E-state index in [-0.39, 0.29) is 12.4 Å². The molecule has 0 atom stereocenters. The normalized spacial score (nSPS) is 10.1. The van der Waals surface area contributed by atoms with E-state index in [9.17, 15) is 4.79 Å². The minimum absolute atomic E-state index is 0.235. The van der Waals surface area contributed by atoms with E-state index in [1.54, 1.807) is 0 Å². The minimum Gasteiger partial charge on any atom is -0.494 e. The molecule has 0 spiro atoms. The molecule has 0 saturated carbocycles. The number of esters is 1. The first-order valence-corrected chi connectivity index (χ1v) is 6.19. The summed E-state index contributed by atoms with van der Waals surface area (Å²) < 4.78 is 10.3. The minimum atomic E-state index is -0.235. The Kier molecular flexibility index (Phi) is 6.87. The van der Waals surface area contributed by atoms with Gasteiger partial charge in [0, 0.05) is 0 Å². The van der Waals surface area contributed by atoms with E-state index in [1.165, 1.54) is 7.11 Å². The largest absolute Gasteiger partial charge is 0.494 e. The third kappa shape index (κ3) is 5.68. The van der Waals surface area contributed by atoms with Crippen molar-refractivity contribution in [3.8, 4) is 5.75 Å². The lowest BCUT2D eigenvalue weighted by molar-refractivity contribution is -0.139. The van der Waals surface area contributed by atoms with Crippen LogP contribution in [0.25, 0.3) is 0 Å². The van der Waals surface area contributed by atoms with Crippen LogP contribution in [0.1, 0.15) is 18.4 Å². The zero-order chi connectivity index (χ0) is 13.2. The van der Waals surface area contributed by atoms with Crippen molar-refractivity contribution < 1.29 is 14.3 Å². The molecule has 0 aliphatic heterocycles. The third-order valence-corrected chi connectivity index (χ3v) is 2.56. The number of nitrogens with one attached hydrogen (secondary N) is 1. The van der Waals surface area contributed by atoms with E-state index in [0.717, 1.165) is 30.7 Å². The van der Waals surface area contributed by atoms with Crippen LogP contribution in [0.3, 0.4) is 0 Å². The Balaban J connectivity index is 2.37. The highest BCUT2D eigenvalue weighted by Gasteiger charge is 2.03. The summed E-state index contributed by atoms with van der Waals surface area (Å²) >= 11 is 0. The molecule has 0 aliphatic rings. The van der Waals surface area contributed by atoms with Crippen molar-refractivity contribution in [2.75, 3.05) is 27.3 Å². The van der Waals surface area contributed by atoms with Crippen LogP contribution < -0.4 is 10.1 Å². The third-order valence-electron chi connectivity index (χ3n) is 2.56. The lowest BCUT2D eigenvalue weighted by atomic mass is 10.1. The van der Waals surface area contributed by atoms with Gasteiger partial charge in [-0.15, -0.1) is 0 Å². The number of benzene rings is 1. The predicted octanol–water partition coefficient (Wildman–Crippen LogP) is 1.78. The molecule has 0 radical (unpaired) electrons. The standard InChI is InChI=1S/C14H21NO3/c1-15-8-3-4-9-18-13-7-5-6-12(10-13)11-14(16)17-2/h5-7,10,15H,3-4,8-9,11H2,1-2H3. The molecule has 0 aliphatic carbocycles. The number of hydrogen-bond donors (Lipinski definition) is 1. The van der Waals surface area contributed by atoms with Gasteiger partial charge in [-0.05, 0) is 44.1 Å². The van der Waals surface area contributed by atoms with E-state index >= 15 is 0 Å². The highest BCUT2D eigenvalue weighted by Crippen LogP contribution is 2.14. The highest BCUT2D eigenvalue weighted by molar-refractivity contribution is 5.72. The molecule has 0 unspecified atom stereocenters. The maximum absolute atomic E-state index is 11.2. The fourth-order valence-electron chi connectivity index (χ4n) is 1.58. The second-order valence-electron chi connectivity index (χ2n) is 4.06. The average molecular weight is 251 g/mol. The highest BCUT2D eigenvalue weighted by atomic mass is 16.5. The van der Waals surface area contributed by atoms with E-state index in [4.69, 9.17) is 4.74 Å². The van der Waals surface area contributed by atoms with Crippen LogP contribution in [-0.2, 0) is 16.0 Å². The zero-order valence-electron chi connectivity index (χ0n) is 11.1. The van der Waals surface area contributed by atoms with E-state index in [2.05, 4.69) is 10.1 Å². The summed E-state index contributed by atoms with van der Waals surface area (Å²) in [6.07, 6.45) is 2.40. The van der Waals surface area contributed by atoms with Gasteiger partial charge in [-0.3, -0.25) is 4.79 Å². The number of hydrogen-bond acceptors (Lipinski definition) is 4. The first-order chi connectivity index (χ1) is 8.76. The molecule has 0 amide bonds. The number of rotatable bonds is 8. The summed E-state index contributed by atoms with van der Waals surface area (Å²) in [5.74, 6) is 0.571.